The number of rotatable bonds is 3. The number of aromatic nitrogens is 1. The standard InChI is InChI=1S/C14H13NO3/c1-15-12(8-7-10(9-16)14(15)17)11-5-3-4-6-13(11)18-2/h3-9H,1-2H3. The highest BCUT2D eigenvalue weighted by Gasteiger charge is 2.10. The minimum Gasteiger partial charge on any atom is -0.496 e. The lowest BCUT2D eigenvalue weighted by molar-refractivity contribution is 0.112. The van der Waals surface area contributed by atoms with Gasteiger partial charge in [0.25, 0.3) is 5.56 Å². The van der Waals surface area contributed by atoms with Gasteiger partial charge >= 0.3 is 0 Å². The highest BCUT2D eigenvalue weighted by molar-refractivity contribution is 5.76. The smallest absolute Gasteiger partial charge is 0.261 e. The maximum atomic E-state index is 11.9. The van der Waals surface area contributed by atoms with Crippen LogP contribution in [0.1, 0.15) is 10.4 Å². The molecule has 0 amide bonds. The molecular formula is C14H13NO3. The lowest BCUT2D eigenvalue weighted by atomic mass is 10.1. The first-order valence-electron chi connectivity index (χ1n) is 5.47. The first-order chi connectivity index (χ1) is 8.69. The SMILES string of the molecule is COc1ccccc1-c1ccc(C=O)c(=O)n1C. The Balaban J connectivity index is 2.69. The lowest BCUT2D eigenvalue weighted by Crippen LogP contribution is -2.21. The van der Waals surface area contributed by atoms with E-state index in [0.717, 1.165) is 5.56 Å². The number of nitrogens with zero attached hydrogens (tertiary/aromatic N) is 1. The first kappa shape index (κ1) is 12.1. The molecule has 0 atom stereocenters. The van der Waals surface area contributed by atoms with Gasteiger partial charge < -0.3 is 9.30 Å². The Morgan fingerprint density at radius 2 is 1.89 bits per heavy atom. The highest BCUT2D eigenvalue weighted by atomic mass is 16.5. The normalized spacial score (nSPS) is 10.1. The van der Waals surface area contributed by atoms with E-state index in [2.05, 4.69) is 0 Å². The van der Waals surface area contributed by atoms with Gasteiger partial charge in [-0.25, -0.2) is 0 Å². The second kappa shape index (κ2) is 4.87. The lowest BCUT2D eigenvalue weighted by Gasteiger charge is -2.12. The van der Waals surface area contributed by atoms with E-state index in [-0.39, 0.29) is 11.1 Å². The molecule has 0 aliphatic rings. The summed E-state index contributed by atoms with van der Waals surface area (Å²) in [6, 6.07) is 10.7. The number of ether oxygens (including phenoxy) is 1. The Labute approximate surface area is 104 Å². The number of aldehydes is 1. The summed E-state index contributed by atoms with van der Waals surface area (Å²) in [5, 5.41) is 0. The molecule has 0 saturated heterocycles. The van der Waals surface area contributed by atoms with E-state index in [9.17, 15) is 9.59 Å². The molecule has 1 heterocycles. The minimum absolute atomic E-state index is 0.149. The van der Waals surface area contributed by atoms with E-state index in [1.807, 2.05) is 24.3 Å². The summed E-state index contributed by atoms with van der Waals surface area (Å²) in [5.74, 6) is 0.686. The van der Waals surface area contributed by atoms with Crippen LogP contribution in [-0.4, -0.2) is 18.0 Å². The van der Waals surface area contributed by atoms with Gasteiger partial charge in [-0.15, -0.1) is 0 Å². The van der Waals surface area contributed by atoms with E-state index in [0.29, 0.717) is 17.7 Å². The van der Waals surface area contributed by atoms with Gasteiger partial charge in [-0.05, 0) is 24.3 Å². The molecule has 0 N–H and O–H groups in total. The van der Waals surface area contributed by atoms with Crippen LogP contribution in [0.2, 0.25) is 0 Å². The third-order valence-corrected chi connectivity index (χ3v) is 2.84. The van der Waals surface area contributed by atoms with E-state index in [1.165, 1.54) is 10.6 Å². The molecule has 2 rings (SSSR count). The van der Waals surface area contributed by atoms with Gasteiger partial charge in [0.15, 0.2) is 6.29 Å². The second-order valence-corrected chi connectivity index (χ2v) is 3.86. The number of para-hydroxylation sites is 1. The largest absolute Gasteiger partial charge is 0.496 e. The molecular weight excluding hydrogens is 230 g/mol. The van der Waals surface area contributed by atoms with Crippen LogP contribution in [0, 0.1) is 0 Å². The van der Waals surface area contributed by atoms with Crippen LogP contribution >= 0.6 is 0 Å². The van der Waals surface area contributed by atoms with E-state index in [1.54, 1.807) is 20.2 Å². The zero-order valence-corrected chi connectivity index (χ0v) is 10.2. The fourth-order valence-electron chi connectivity index (χ4n) is 1.87. The number of hydrogen-bond acceptors (Lipinski definition) is 3. The molecule has 0 saturated carbocycles. The molecule has 0 aliphatic heterocycles. The van der Waals surface area contributed by atoms with Crippen molar-refractivity contribution in [1.29, 1.82) is 0 Å². The Kier molecular flexibility index (Phi) is 3.28. The molecule has 0 radical (unpaired) electrons. The first-order valence-corrected chi connectivity index (χ1v) is 5.47. The summed E-state index contributed by atoms with van der Waals surface area (Å²) in [7, 11) is 3.22. The molecule has 0 aliphatic carbocycles. The molecule has 0 bridgehead atoms. The van der Waals surface area contributed by atoms with Crippen LogP contribution in [0.3, 0.4) is 0 Å². The van der Waals surface area contributed by atoms with Gasteiger partial charge in [0.05, 0.1) is 18.4 Å². The van der Waals surface area contributed by atoms with Gasteiger partial charge in [-0.2, -0.15) is 0 Å². The minimum atomic E-state index is -0.312. The number of benzene rings is 1. The summed E-state index contributed by atoms with van der Waals surface area (Å²) < 4.78 is 6.71. The third-order valence-electron chi connectivity index (χ3n) is 2.84. The van der Waals surface area contributed by atoms with Gasteiger partial charge in [0.2, 0.25) is 0 Å². The topological polar surface area (TPSA) is 48.3 Å². The Bertz CT molecular complexity index is 644. The fraction of sp³-hybridized carbons (Fsp3) is 0.143. The Hall–Kier alpha value is -2.36. The average Bonchev–Trinajstić information content (AvgIpc) is 2.42. The van der Waals surface area contributed by atoms with Crippen molar-refractivity contribution in [2.24, 2.45) is 7.05 Å². The summed E-state index contributed by atoms with van der Waals surface area (Å²) >= 11 is 0. The van der Waals surface area contributed by atoms with Crippen molar-refractivity contribution >= 4 is 6.29 Å². The highest BCUT2D eigenvalue weighted by Crippen LogP contribution is 2.28. The number of pyridine rings is 1. The van der Waals surface area contributed by atoms with Crippen LogP contribution in [0.4, 0.5) is 0 Å². The summed E-state index contributed by atoms with van der Waals surface area (Å²) in [5.41, 5.74) is 1.37. The number of hydrogen-bond donors (Lipinski definition) is 0. The Morgan fingerprint density at radius 3 is 2.56 bits per heavy atom. The van der Waals surface area contributed by atoms with Gasteiger partial charge in [0.1, 0.15) is 5.75 Å². The van der Waals surface area contributed by atoms with Gasteiger partial charge in [0, 0.05) is 12.6 Å². The van der Waals surface area contributed by atoms with E-state index in [4.69, 9.17) is 4.74 Å². The number of carbonyl (C=O) groups is 1. The number of methoxy groups -OCH3 is 1. The second-order valence-electron chi connectivity index (χ2n) is 3.86. The molecule has 4 nitrogen and oxygen atoms in total. The van der Waals surface area contributed by atoms with Crippen molar-refractivity contribution in [2.75, 3.05) is 7.11 Å². The zero-order valence-electron chi connectivity index (χ0n) is 10.2. The summed E-state index contributed by atoms with van der Waals surface area (Å²) in [6.45, 7) is 0. The fourth-order valence-corrected chi connectivity index (χ4v) is 1.87. The molecule has 18 heavy (non-hydrogen) atoms. The monoisotopic (exact) mass is 243 g/mol. The average molecular weight is 243 g/mol. The molecule has 2 aromatic rings. The maximum Gasteiger partial charge on any atom is 0.261 e. The number of carbonyl (C=O) groups excluding carboxylic acids is 1. The van der Waals surface area contributed by atoms with Crippen LogP contribution in [0.15, 0.2) is 41.2 Å². The van der Waals surface area contributed by atoms with Crippen molar-refractivity contribution in [3.8, 4) is 17.0 Å². The van der Waals surface area contributed by atoms with E-state index < -0.39 is 0 Å². The molecule has 1 aromatic carbocycles. The molecule has 0 fully saturated rings. The van der Waals surface area contributed by atoms with Crippen LogP contribution in [-0.2, 0) is 7.05 Å². The van der Waals surface area contributed by atoms with Crippen molar-refractivity contribution in [1.82, 2.24) is 4.57 Å². The van der Waals surface area contributed by atoms with Crippen molar-refractivity contribution in [2.45, 2.75) is 0 Å². The van der Waals surface area contributed by atoms with Crippen LogP contribution < -0.4 is 10.3 Å². The zero-order chi connectivity index (χ0) is 13.1. The van der Waals surface area contributed by atoms with Crippen molar-refractivity contribution in [3.05, 3.63) is 52.3 Å². The van der Waals surface area contributed by atoms with E-state index >= 15 is 0 Å². The predicted octanol–water partition coefficient (Wildman–Crippen LogP) is 1.87. The predicted molar refractivity (Wildman–Crippen MR) is 69.1 cm³/mol. The molecule has 0 unspecified atom stereocenters. The van der Waals surface area contributed by atoms with Crippen LogP contribution in [0.25, 0.3) is 11.3 Å². The molecule has 1 aromatic heterocycles. The van der Waals surface area contributed by atoms with Gasteiger partial charge in [-0.1, -0.05) is 12.1 Å². The quantitative estimate of drug-likeness (QED) is 0.773. The van der Waals surface area contributed by atoms with Crippen LogP contribution in [0.5, 0.6) is 5.75 Å². The summed E-state index contributed by atoms with van der Waals surface area (Å²) in [4.78, 5) is 22.6. The van der Waals surface area contributed by atoms with Gasteiger partial charge in [-0.3, -0.25) is 9.59 Å². The summed E-state index contributed by atoms with van der Waals surface area (Å²) in [6.07, 6.45) is 0.564. The maximum absolute atomic E-state index is 11.9. The Morgan fingerprint density at radius 1 is 1.17 bits per heavy atom. The van der Waals surface area contributed by atoms with Crippen molar-refractivity contribution in [3.63, 3.8) is 0 Å². The molecule has 4 heteroatoms. The molecule has 0 spiro atoms. The third kappa shape index (κ3) is 1.93. The molecule has 92 valence electrons. The van der Waals surface area contributed by atoms with Crippen molar-refractivity contribution < 1.29 is 9.53 Å².